The molecule has 0 unspecified atom stereocenters. The van der Waals surface area contributed by atoms with E-state index in [1.165, 1.54) is 31.3 Å². The Kier molecular flexibility index (Phi) is 3.44. The number of alkyl halides is 3. The summed E-state index contributed by atoms with van der Waals surface area (Å²) in [5.41, 5.74) is -1.07. The molecule has 1 N–H and O–H groups in total. The van der Waals surface area contributed by atoms with Gasteiger partial charge in [-0.2, -0.15) is 18.2 Å². The summed E-state index contributed by atoms with van der Waals surface area (Å²) in [6.07, 6.45) is -4.08. The highest BCUT2D eigenvalue weighted by atomic mass is 19.4. The number of nitrogens with one attached hydrogen (secondary N) is 1. The van der Waals surface area contributed by atoms with Crippen LogP contribution in [0.5, 0.6) is 0 Å². The molecule has 1 amide bonds. The van der Waals surface area contributed by atoms with Crippen LogP contribution in [0.2, 0.25) is 0 Å². The van der Waals surface area contributed by atoms with E-state index in [1.54, 1.807) is 0 Å². The number of pyridine rings is 1. The molecule has 1 spiro atoms. The van der Waals surface area contributed by atoms with Gasteiger partial charge in [0.05, 0.1) is 5.69 Å². The van der Waals surface area contributed by atoms with Gasteiger partial charge in [0.2, 0.25) is 0 Å². The number of hydrogen-bond donors (Lipinski definition) is 1. The molecule has 4 rings (SSSR count). The van der Waals surface area contributed by atoms with E-state index in [-0.39, 0.29) is 18.0 Å². The summed E-state index contributed by atoms with van der Waals surface area (Å²) in [4.78, 5) is 20.8. The lowest BCUT2D eigenvalue weighted by atomic mass is 9.74. The lowest BCUT2D eigenvalue weighted by Gasteiger charge is -2.32. The fourth-order valence-corrected chi connectivity index (χ4v) is 3.79. The Morgan fingerprint density at radius 3 is 2.65 bits per heavy atom. The van der Waals surface area contributed by atoms with E-state index in [9.17, 15) is 22.4 Å². The molecular formula is C18H13F4N3O. The molecule has 1 atom stereocenters. The topological polar surface area (TPSA) is 54.4 Å². The van der Waals surface area contributed by atoms with Crippen LogP contribution in [0.25, 0.3) is 0 Å². The van der Waals surface area contributed by atoms with Crippen LogP contribution in [0, 0.1) is 5.82 Å². The second kappa shape index (κ2) is 5.36. The Morgan fingerprint density at radius 1 is 1.19 bits per heavy atom. The Morgan fingerprint density at radius 2 is 1.96 bits per heavy atom. The van der Waals surface area contributed by atoms with Gasteiger partial charge in [0.1, 0.15) is 22.8 Å². The molecule has 1 aromatic heterocycles. The molecule has 134 valence electrons. The number of fused-ring (bicyclic) bond motifs is 4. The molecule has 0 fully saturated rings. The number of aliphatic imine (C=N–C) groups is 1. The average Bonchev–Trinajstić information content (AvgIpc) is 2.96. The zero-order valence-corrected chi connectivity index (χ0v) is 13.6. The zero-order chi connectivity index (χ0) is 18.7. The molecule has 4 nitrogen and oxygen atoms in total. The number of aromatic nitrogens is 1. The lowest BCUT2D eigenvalue weighted by Crippen LogP contribution is -2.43. The SMILES string of the molecule is CNC1=NC(=O)[C@]2(CCc3cc(F)ccc32)c2nc(C(F)(F)F)ccc21. The highest BCUT2D eigenvalue weighted by Gasteiger charge is 2.52. The minimum Gasteiger partial charge on any atom is -0.372 e. The first-order valence-electron chi connectivity index (χ1n) is 7.96. The van der Waals surface area contributed by atoms with E-state index in [0.29, 0.717) is 23.1 Å². The van der Waals surface area contributed by atoms with Crippen molar-refractivity contribution >= 4 is 11.7 Å². The van der Waals surface area contributed by atoms with Gasteiger partial charge < -0.3 is 5.32 Å². The molecule has 1 aliphatic heterocycles. The third kappa shape index (κ3) is 2.17. The molecule has 2 aliphatic rings. The first kappa shape index (κ1) is 16.7. The second-order valence-electron chi connectivity index (χ2n) is 6.31. The van der Waals surface area contributed by atoms with Crippen LogP contribution in [-0.2, 0) is 22.8 Å². The number of hydrogen-bond acceptors (Lipinski definition) is 3. The summed E-state index contributed by atoms with van der Waals surface area (Å²) in [6.45, 7) is 0. The summed E-state index contributed by atoms with van der Waals surface area (Å²) >= 11 is 0. The number of nitrogens with zero attached hydrogens (tertiary/aromatic N) is 2. The van der Waals surface area contributed by atoms with Crippen molar-refractivity contribution in [1.29, 1.82) is 0 Å². The van der Waals surface area contributed by atoms with E-state index in [0.717, 1.165) is 6.07 Å². The number of carbonyl (C=O) groups excluding carboxylic acids is 1. The van der Waals surface area contributed by atoms with Crippen LogP contribution in [0.1, 0.15) is 34.5 Å². The van der Waals surface area contributed by atoms with Crippen LogP contribution < -0.4 is 5.32 Å². The maximum atomic E-state index is 13.6. The van der Waals surface area contributed by atoms with Crippen molar-refractivity contribution in [3.63, 3.8) is 0 Å². The fraction of sp³-hybridized carbons (Fsp3) is 0.278. The summed E-state index contributed by atoms with van der Waals surface area (Å²) in [5.74, 6) is -0.875. The minimum absolute atomic E-state index is 0.0158. The van der Waals surface area contributed by atoms with E-state index < -0.39 is 29.0 Å². The summed E-state index contributed by atoms with van der Waals surface area (Å²) in [5, 5.41) is 2.74. The highest BCUT2D eigenvalue weighted by molar-refractivity contribution is 6.13. The Hall–Kier alpha value is -2.77. The number of halogens is 4. The molecule has 0 saturated heterocycles. The number of benzene rings is 1. The first-order valence-corrected chi connectivity index (χ1v) is 7.96. The van der Waals surface area contributed by atoms with E-state index in [2.05, 4.69) is 15.3 Å². The van der Waals surface area contributed by atoms with Crippen LogP contribution in [0.15, 0.2) is 35.3 Å². The highest BCUT2D eigenvalue weighted by Crippen LogP contribution is 2.48. The maximum Gasteiger partial charge on any atom is 0.433 e. The standard InChI is InChI=1S/C18H13F4N3O/c1-23-15-11-3-5-13(18(20,21)22)24-14(11)17(16(26)25-15)7-6-9-8-10(19)2-4-12(9)17/h2-5,8H,6-7H2,1H3,(H,23,25,26)/t17-/m0/s1. The molecule has 2 heterocycles. The number of carbonyl (C=O) groups is 1. The molecule has 1 aliphatic carbocycles. The molecule has 8 heteroatoms. The second-order valence-corrected chi connectivity index (χ2v) is 6.31. The number of amidine groups is 1. The van der Waals surface area contributed by atoms with Crippen molar-refractivity contribution in [2.24, 2.45) is 4.99 Å². The van der Waals surface area contributed by atoms with Crippen LogP contribution in [0.3, 0.4) is 0 Å². The van der Waals surface area contributed by atoms with Gasteiger partial charge in [-0.15, -0.1) is 0 Å². The van der Waals surface area contributed by atoms with Gasteiger partial charge in [0.25, 0.3) is 5.91 Å². The smallest absolute Gasteiger partial charge is 0.372 e. The van der Waals surface area contributed by atoms with Crippen molar-refractivity contribution in [1.82, 2.24) is 10.3 Å². The summed E-state index contributed by atoms with van der Waals surface area (Å²) < 4.78 is 53.2. The third-order valence-corrected chi connectivity index (χ3v) is 4.96. The summed E-state index contributed by atoms with van der Waals surface area (Å²) in [6, 6.07) is 6.10. The monoisotopic (exact) mass is 363 g/mol. The molecule has 2 aromatic rings. The van der Waals surface area contributed by atoms with Gasteiger partial charge in [-0.05, 0) is 48.2 Å². The van der Waals surface area contributed by atoms with Crippen molar-refractivity contribution in [3.8, 4) is 0 Å². The molecular weight excluding hydrogens is 350 g/mol. The Labute approximate surface area is 146 Å². The molecule has 0 bridgehead atoms. The Bertz CT molecular complexity index is 967. The third-order valence-electron chi connectivity index (χ3n) is 4.96. The van der Waals surface area contributed by atoms with E-state index >= 15 is 0 Å². The first-order chi connectivity index (χ1) is 12.3. The van der Waals surface area contributed by atoms with Crippen LogP contribution in [-0.4, -0.2) is 23.8 Å². The largest absolute Gasteiger partial charge is 0.433 e. The number of rotatable bonds is 0. The molecule has 26 heavy (non-hydrogen) atoms. The molecule has 0 radical (unpaired) electrons. The minimum atomic E-state index is -4.64. The van der Waals surface area contributed by atoms with Gasteiger partial charge in [-0.1, -0.05) is 6.07 Å². The lowest BCUT2D eigenvalue weighted by molar-refractivity contribution is -0.141. The normalized spacial score (nSPS) is 21.4. The number of aryl methyl sites for hydroxylation is 1. The molecule has 1 aromatic carbocycles. The van der Waals surface area contributed by atoms with Crippen LogP contribution >= 0.6 is 0 Å². The predicted octanol–water partition coefficient (Wildman–Crippen LogP) is 2.98. The average molecular weight is 363 g/mol. The van der Waals surface area contributed by atoms with Gasteiger partial charge in [0, 0.05) is 12.6 Å². The maximum absolute atomic E-state index is 13.6. The fourth-order valence-electron chi connectivity index (χ4n) is 3.79. The summed E-state index contributed by atoms with van der Waals surface area (Å²) in [7, 11) is 1.53. The van der Waals surface area contributed by atoms with Crippen molar-refractivity contribution in [3.05, 3.63) is 64.2 Å². The van der Waals surface area contributed by atoms with Gasteiger partial charge in [-0.3, -0.25) is 4.79 Å². The predicted molar refractivity (Wildman–Crippen MR) is 85.3 cm³/mol. The van der Waals surface area contributed by atoms with Gasteiger partial charge in [-0.25, -0.2) is 9.37 Å². The van der Waals surface area contributed by atoms with E-state index in [4.69, 9.17) is 0 Å². The molecule has 0 saturated carbocycles. The zero-order valence-electron chi connectivity index (χ0n) is 13.6. The van der Waals surface area contributed by atoms with Crippen LogP contribution in [0.4, 0.5) is 17.6 Å². The van der Waals surface area contributed by atoms with Crippen molar-refractivity contribution in [2.75, 3.05) is 7.05 Å². The van der Waals surface area contributed by atoms with Crippen molar-refractivity contribution < 1.29 is 22.4 Å². The van der Waals surface area contributed by atoms with Gasteiger partial charge in [0.15, 0.2) is 0 Å². The van der Waals surface area contributed by atoms with E-state index in [1.807, 2.05) is 0 Å². The Balaban J connectivity index is 2.03. The van der Waals surface area contributed by atoms with Gasteiger partial charge >= 0.3 is 6.18 Å². The number of amides is 1. The van der Waals surface area contributed by atoms with Crippen molar-refractivity contribution in [2.45, 2.75) is 24.4 Å². The quantitative estimate of drug-likeness (QED) is 0.733.